The molecule has 0 heterocycles. The van der Waals surface area contributed by atoms with Gasteiger partial charge in [0.1, 0.15) is 5.69 Å². The van der Waals surface area contributed by atoms with Gasteiger partial charge < -0.3 is 5.32 Å². The lowest BCUT2D eigenvalue weighted by molar-refractivity contribution is 0.979. The third-order valence-corrected chi connectivity index (χ3v) is 2.13. The molecule has 0 amide bonds. The first-order valence-electron chi connectivity index (χ1n) is 5.03. The van der Waals surface area contributed by atoms with E-state index < -0.39 is 0 Å². The van der Waals surface area contributed by atoms with Gasteiger partial charge in [0.2, 0.25) is 0 Å². The van der Waals surface area contributed by atoms with Gasteiger partial charge in [-0.05, 0) is 29.8 Å². The predicted molar refractivity (Wildman–Crippen MR) is 65.3 cm³/mol. The fraction of sp³-hybridized carbons (Fsp3) is 0.250. The average molecular weight is 215 g/mol. The number of nitriles is 1. The van der Waals surface area contributed by atoms with Gasteiger partial charge in [0.25, 0.3) is 0 Å². The Bertz CT molecular complexity index is 446. The van der Waals surface area contributed by atoms with Gasteiger partial charge in [-0.2, -0.15) is 5.26 Å². The number of hydrogen-bond donors (Lipinski definition) is 1. The first kappa shape index (κ1) is 11.9. The van der Waals surface area contributed by atoms with E-state index in [1.54, 1.807) is 18.2 Å². The van der Waals surface area contributed by atoms with E-state index in [-0.39, 0.29) is 0 Å². The maximum Gasteiger partial charge on any atom is 0.110 e. The van der Waals surface area contributed by atoms with Gasteiger partial charge in [0, 0.05) is 17.8 Å². The van der Waals surface area contributed by atoms with Crippen molar-refractivity contribution < 1.29 is 0 Å². The van der Waals surface area contributed by atoms with Gasteiger partial charge in [-0.15, -0.1) is 4.91 Å². The van der Waals surface area contributed by atoms with Crippen LogP contribution in [0.2, 0.25) is 0 Å². The largest absolute Gasteiger partial charge is 0.384 e. The quantitative estimate of drug-likeness (QED) is 0.604. The fourth-order valence-corrected chi connectivity index (χ4v) is 1.32. The normalized spacial score (nSPS) is 9.25. The number of benzene rings is 1. The minimum Gasteiger partial charge on any atom is -0.384 e. The highest BCUT2D eigenvalue weighted by atomic mass is 16.3. The van der Waals surface area contributed by atoms with Crippen LogP contribution in [0.15, 0.2) is 30.0 Å². The van der Waals surface area contributed by atoms with E-state index >= 15 is 0 Å². The highest BCUT2D eigenvalue weighted by Gasteiger charge is 2.06. The van der Waals surface area contributed by atoms with Crippen LogP contribution in [-0.4, -0.2) is 6.54 Å². The van der Waals surface area contributed by atoms with Crippen LogP contribution in [0.25, 0.3) is 5.57 Å². The van der Waals surface area contributed by atoms with Crippen LogP contribution in [0.5, 0.6) is 0 Å². The lowest BCUT2D eigenvalue weighted by Gasteiger charge is -2.10. The van der Waals surface area contributed by atoms with Gasteiger partial charge in [0.05, 0.1) is 11.6 Å². The summed E-state index contributed by atoms with van der Waals surface area (Å²) in [6, 6.07) is 6.87. The summed E-state index contributed by atoms with van der Waals surface area (Å²) in [5.41, 5.74) is 2.15. The van der Waals surface area contributed by atoms with Gasteiger partial charge >= 0.3 is 0 Å². The number of rotatable bonds is 5. The molecular weight excluding hydrogens is 202 g/mol. The molecule has 82 valence electrons. The summed E-state index contributed by atoms with van der Waals surface area (Å²) in [4.78, 5) is 10.4. The fourth-order valence-electron chi connectivity index (χ4n) is 1.32. The van der Waals surface area contributed by atoms with Crippen LogP contribution < -0.4 is 5.32 Å². The Morgan fingerprint density at radius 1 is 1.62 bits per heavy atom. The zero-order chi connectivity index (χ0) is 12.0. The molecular formula is C12H13N3O. The van der Waals surface area contributed by atoms with E-state index in [1.807, 2.05) is 13.0 Å². The van der Waals surface area contributed by atoms with Crippen LogP contribution in [0.4, 0.5) is 11.4 Å². The van der Waals surface area contributed by atoms with E-state index in [9.17, 15) is 4.91 Å². The summed E-state index contributed by atoms with van der Waals surface area (Å²) in [7, 11) is 0. The molecule has 0 aliphatic carbocycles. The summed E-state index contributed by atoms with van der Waals surface area (Å²) in [5, 5.41) is 14.8. The minimum atomic E-state index is 0.341. The van der Waals surface area contributed by atoms with E-state index in [0.717, 1.165) is 18.7 Å². The molecule has 0 radical (unpaired) electrons. The van der Waals surface area contributed by atoms with Crippen LogP contribution in [-0.2, 0) is 0 Å². The predicted octanol–water partition coefficient (Wildman–Crippen LogP) is 3.44. The van der Waals surface area contributed by atoms with E-state index in [0.29, 0.717) is 16.8 Å². The molecule has 16 heavy (non-hydrogen) atoms. The molecule has 0 fully saturated rings. The minimum absolute atomic E-state index is 0.341. The molecule has 0 unspecified atom stereocenters. The number of nitroso groups, excluding NO2 is 1. The first-order chi connectivity index (χ1) is 7.72. The summed E-state index contributed by atoms with van der Waals surface area (Å²) in [6.45, 7) is 6.46. The summed E-state index contributed by atoms with van der Waals surface area (Å²) in [5.74, 6) is 0. The summed E-state index contributed by atoms with van der Waals surface area (Å²) >= 11 is 0. The molecule has 0 aromatic heterocycles. The Labute approximate surface area is 94.6 Å². The topological polar surface area (TPSA) is 65.2 Å². The van der Waals surface area contributed by atoms with E-state index in [1.165, 1.54) is 0 Å². The van der Waals surface area contributed by atoms with E-state index in [4.69, 9.17) is 5.26 Å². The van der Waals surface area contributed by atoms with Crippen LogP contribution in [0.3, 0.4) is 0 Å². The van der Waals surface area contributed by atoms with E-state index in [2.05, 4.69) is 17.1 Å². The van der Waals surface area contributed by atoms with Crippen molar-refractivity contribution in [3.8, 4) is 6.07 Å². The Morgan fingerprint density at radius 2 is 2.38 bits per heavy atom. The van der Waals surface area contributed by atoms with Gasteiger partial charge in [0.15, 0.2) is 0 Å². The number of hydrogen-bond acceptors (Lipinski definition) is 4. The number of nitrogens with zero attached hydrogens (tertiary/aromatic N) is 2. The highest BCUT2D eigenvalue weighted by Crippen LogP contribution is 2.27. The Balaban J connectivity index is 3.11. The maximum absolute atomic E-state index is 10.4. The molecule has 0 bridgehead atoms. The standard InChI is InChI=1S/C12H13N3O/c1-3-6-14-12-7-10(15-16)4-5-11(12)9(2)8-13/h4-5,7,14H,2-3,6H2,1H3. The molecule has 0 saturated heterocycles. The highest BCUT2D eigenvalue weighted by molar-refractivity contribution is 5.84. The third-order valence-electron chi connectivity index (χ3n) is 2.13. The monoisotopic (exact) mass is 215 g/mol. The lowest BCUT2D eigenvalue weighted by Crippen LogP contribution is -2.02. The smallest absolute Gasteiger partial charge is 0.110 e. The number of anilines is 1. The molecule has 0 aliphatic rings. The summed E-state index contributed by atoms with van der Waals surface area (Å²) in [6.07, 6.45) is 0.956. The van der Waals surface area contributed by atoms with Crippen molar-refractivity contribution in [2.24, 2.45) is 5.18 Å². The van der Waals surface area contributed by atoms with Crippen molar-refractivity contribution in [3.63, 3.8) is 0 Å². The van der Waals surface area contributed by atoms with Gasteiger partial charge in [-0.25, -0.2) is 0 Å². The molecule has 0 atom stereocenters. The molecule has 1 aromatic rings. The second kappa shape index (κ2) is 5.66. The molecule has 0 spiro atoms. The third kappa shape index (κ3) is 2.67. The molecule has 0 saturated carbocycles. The molecule has 1 N–H and O–H groups in total. The number of nitrogens with one attached hydrogen (secondary N) is 1. The molecule has 4 heteroatoms. The van der Waals surface area contributed by atoms with Gasteiger partial charge in [-0.1, -0.05) is 13.5 Å². The lowest BCUT2D eigenvalue weighted by atomic mass is 10.1. The van der Waals surface area contributed by atoms with Crippen LogP contribution in [0, 0.1) is 16.2 Å². The Morgan fingerprint density at radius 3 is 2.94 bits per heavy atom. The second-order valence-electron chi connectivity index (χ2n) is 3.34. The SMILES string of the molecule is C=C(C#N)c1ccc(N=O)cc1NCCC. The second-order valence-corrected chi connectivity index (χ2v) is 3.34. The van der Waals surface area contributed by atoms with Crippen molar-refractivity contribution >= 4 is 16.9 Å². The Hall–Kier alpha value is -2.15. The summed E-state index contributed by atoms with van der Waals surface area (Å²) < 4.78 is 0. The Kier molecular flexibility index (Phi) is 4.22. The van der Waals surface area contributed by atoms with Crippen molar-refractivity contribution in [2.45, 2.75) is 13.3 Å². The number of allylic oxidation sites excluding steroid dienone is 1. The van der Waals surface area contributed by atoms with Crippen molar-refractivity contribution in [1.82, 2.24) is 0 Å². The average Bonchev–Trinajstić information content (AvgIpc) is 2.34. The van der Waals surface area contributed by atoms with Crippen molar-refractivity contribution in [3.05, 3.63) is 35.2 Å². The first-order valence-corrected chi connectivity index (χ1v) is 5.03. The van der Waals surface area contributed by atoms with Crippen LogP contribution in [0.1, 0.15) is 18.9 Å². The zero-order valence-corrected chi connectivity index (χ0v) is 9.16. The van der Waals surface area contributed by atoms with Crippen molar-refractivity contribution in [2.75, 3.05) is 11.9 Å². The van der Waals surface area contributed by atoms with Crippen LogP contribution >= 0.6 is 0 Å². The van der Waals surface area contributed by atoms with Gasteiger partial charge in [-0.3, -0.25) is 0 Å². The van der Waals surface area contributed by atoms with Crippen molar-refractivity contribution in [1.29, 1.82) is 5.26 Å². The molecule has 1 aromatic carbocycles. The molecule has 4 nitrogen and oxygen atoms in total. The maximum atomic E-state index is 10.4. The molecule has 0 aliphatic heterocycles. The zero-order valence-electron chi connectivity index (χ0n) is 9.16. The molecule has 1 rings (SSSR count).